The fourth-order valence-corrected chi connectivity index (χ4v) is 2.69. The maximum absolute atomic E-state index is 11.5. The van der Waals surface area contributed by atoms with Crippen LogP contribution in [-0.4, -0.2) is 34.2 Å². The van der Waals surface area contributed by atoms with Crippen molar-refractivity contribution in [3.8, 4) is 6.19 Å². The van der Waals surface area contributed by atoms with Crippen molar-refractivity contribution in [3.63, 3.8) is 0 Å². The van der Waals surface area contributed by atoms with Crippen LogP contribution in [0.15, 0.2) is 34.2 Å². The minimum Gasteiger partial charge on any atom is -0.356 e. The van der Waals surface area contributed by atoms with Gasteiger partial charge in [0.15, 0.2) is 16.0 Å². The van der Waals surface area contributed by atoms with E-state index in [0.29, 0.717) is 10.9 Å². The van der Waals surface area contributed by atoms with Gasteiger partial charge in [0.1, 0.15) is 0 Å². The first-order valence-corrected chi connectivity index (χ1v) is 9.01. The second kappa shape index (κ2) is 9.05. The van der Waals surface area contributed by atoms with Crippen LogP contribution in [-0.2, 0) is 16.3 Å². The number of rotatable bonds is 7. The molecular weight excluding hydrogens is 300 g/mol. The van der Waals surface area contributed by atoms with Crippen LogP contribution in [0.25, 0.3) is 0 Å². The molecule has 0 aliphatic heterocycles. The summed E-state index contributed by atoms with van der Waals surface area (Å²) in [6, 6.07) is 7.10. The molecule has 0 saturated heterocycles. The maximum atomic E-state index is 11.5. The van der Waals surface area contributed by atoms with Crippen LogP contribution < -0.4 is 10.6 Å². The van der Waals surface area contributed by atoms with E-state index < -0.39 is 9.84 Å². The number of nitrogens with zero attached hydrogens (tertiary/aromatic N) is 2. The Hall–Kier alpha value is -2.07. The molecule has 2 N–H and O–H groups in total. The summed E-state index contributed by atoms with van der Waals surface area (Å²) in [5.41, 5.74) is 1.04. The van der Waals surface area contributed by atoms with Crippen LogP contribution in [0.3, 0.4) is 0 Å². The minimum absolute atomic E-state index is 0.373. The third-order valence-electron chi connectivity index (χ3n) is 3.16. The minimum atomic E-state index is -3.14. The third-order valence-corrected chi connectivity index (χ3v) is 4.27. The van der Waals surface area contributed by atoms with Gasteiger partial charge in [0.2, 0.25) is 5.96 Å². The van der Waals surface area contributed by atoms with Gasteiger partial charge in [-0.25, -0.2) is 8.42 Å². The van der Waals surface area contributed by atoms with Gasteiger partial charge < -0.3 is 5.32 Å². The smallest absolute Gasteiger partial charge is 0.204 e. The molecule has 0 saturated carbocycles. The Labute approximate surface area is 132 Å². The fourth-order valence-electron chi connectivity index (χ4n) is 2.00. The van der Waals surface area contributed by atoms with Crippen molar-refractivity contribution in [3.05, 3.63) is 29.8 Å². The number of aliphatic imine (C=N–C) groups is 1. The molecule has 0 aromatic heterocycles. The van der Waals surface area contributed by atoms with Crippen molar-refractivity contribution >= 4 is 15.8 Å². The van der Waals surface area contributed by atoms with Crippen molar-refractivity contribution in [1.29, 1.82) is 5.26 Å². The number of benzene rings is 1. The maximum Gasteiger partial charge on any atom is 0.204 e. The van der Waals surface area contributed by atoms with Crippen molar-refractivity contribution in [1.82, 2.24) is 10.6 Å². The van der Waals surface area contributed by atoms with Crippen LogP contribution in [0.5, 0.6) is 0 Å². The molecule has 0 radical (unpaired) electrons. The first-order chi connectivity index (χ1) is 10.5. The normalized spacial score (nSPS) is 11.8. The number of unbranched alkanes of at least 4 members (excludes halogenated alkanes) is 2. The van der Waals surface area contributed by atoms with Gasteiger partial charge in [0.05, 0.1) is 4.90 Å². The lowest BCUT2D eigenvalue weighted by molar-refractivity contribution is 0.601. The first-order valence-electron chi connectivity index (χ1n) is 7.12. The standard InChI is InChI=1S/C15H22N4O2S/c1-17-15(19-12-16)18-10-5-3-4-7-13-8-6-9-14(11-13)22(2,20)21/h6,8-9,11H,3-5,7,10H2,1-2H3,(H2,17,18,19). The van der Waals surface area contributed by atoms with Gasteiger partial charge in [-0.15, -0.1) is 0 Å². The molecule has 22 heavy (non-hydrogen) atoms. The number of nitriles is 1. The summed E-state index contributed by atoms with van der Waals surface area (Å²) in [6.45, 7) is 0.741. The molecule has 1 rings (SSSR count). The molecule has 0 bridgehead atoms. The zero-order valence-corrected chi connectivity index (χ0v) is 13.8. The summed E-state index contributed by atoms with van der Waals surface area (Å²) in [6.07, 6.45) is 6.85. The summed E-state index contributed by atoms with van der Waals surface area (Å²) in [7, 11) is -1.53. The lowest BCUT2D eigenvalue weighted by Crippen LogP contribution is -2.34. The van der Waals surface area contributed by atoms with Crippen molar-refractivity contribution in [2.75, 3.05) is 19.8 Å². The highest BCUT2D eigenvalue weighted by atomic mass is 32.2. The Balaban J connectivity index is 2.30. The number of aryl methyl sites for hydroxylation is 1. The van der Waals surface area contributed by atoms with Gasteiger partial charge in [-0.2, -0.15) is 5.26 Å². The van der Waals surface area contributed by atoms with Crippen LogP contribution in [0, 0.1) is 11.5 Å². The second-order valence-corrected chi connectivity index (χ2v) is 6.98. The number of nitrogens with one attached hydrogen (secondary N) is 2. The molecule has 0 spiro atoms. The monoisotopic (exact) mass is 322 g/mol. The van der Waals surface area contributed by atoms with E-state index in [1.807, 2.05) is 12.3 Å². The molecule has 0 aliphatic rings. The Bertz CT molecular complexity index is 648. The summed E-state index contributed by atoms with van der Waals surface area (Å²) < 4.78 is 23.0. The number of hydrogen-bond acceptors (Lipinski definition) is 4. The Morgan fingerprint density at radius 1 is 1.32 bits per heavy atom. The number of hydrogen-bond donors (Lipinski definition) is 2. The number of sulfone groups is 1. The van der Waals surface area contributed by atoms with Gasteiger partial charge >= 0.3 is 0 Å². The van der Waals surface area contributed by atoms with E-state index in [-0.39, 0.29) is 0 Å². The molecular formula is C15H22N4O2S. The Kier molecular flexibility index (Phi) is 7.40. The van der Waals surface area contributed by atoms with Crippen molar-refractivity contribution in [2.45, 2.75) is 30.6 Å². The molecule has 0 unspecified atom stereocenters. The molecule has 0 aliphatic carbocycles. The van der Waals surface area contributed by atoms with E-state index in [2.05, 4.69) is 15.6 Å². The first kappa shape index (κ1) is 18.0. The lowest BCUT2D eigenvalue weighted by Gasteiger charge is -2.07. The van der Waals surface area contributed by atoms with Gasteiger partial charge in [-0.3, -0.25) is 10.3 Å². The van der Waals surface area contributed by atoms with E-state index in [9.17, 15) is 8.42 Å². The number of guanidine groups is 1. The van der Waals surface area contributed by atoms with Crippen LogP contribution in [0.4, 0.5) is 0 Å². The molecule has 120 valence electrons. The van der Waals surface area contributed by atoms with Gasteiger partial charge in [0.25, 0.3) is 0 Å². The second-order valence-electron chi connectivity index (χ2n) is 4.97. The Morgan fingerprint density at radius 3 is 2.73 bits per heavy atom. The molecule has 0 amide bonds. The summed E-state index contributed by atoms with van der Waals surface area (Å²) in [5.74, 6) is 0.475. The van der Waals surface area contributed by atoms with E-state index in [0.717, 1.165) is 37.8 Å². The van der Waals surface area contributed by atoms with Crippen molar-refractivity contribution < 1.29 is 8.42 Å². The fraction of sp³-hybridized carbons (Fsp3) is 0.467. The largest absolute Gasteiger partial charge is 0.356 e. The quantitative estimate of drug-likeness (QED) is 0.260. The van der Waals surface area contributed by atoms with E-state index in [1.54, 1.807) is 25.2 Å². The van der Waals surface area contributed by atoms with Crippen molar-refractivity contribution in [2.24, 2.45) is 4.99 Å². The van der Waals surface area contributed by atoms with E-state index in [4.69, 9.17) is 5.26 Å². The molecule has 0 heterocycles. The van der Waals surface area contributed by atoms with Gasteiger partial charge in [-0.05, 0) is 37.0 Å². The van der Waals surface area contributed by atoms with Crippen LogP contribution >= 0.6 is 0 Å². The predicted octanol–water partition coefficient (Wildman–Crippen LogP) is 1.45. The van der Waals surface area contributed by atoms with Gasteiger partial charge in [-0.1, -0.05) is 18.6 Å². The Morgan fingerprint density at radius 2 is 2.09 bits per heavy atom. The van der Waals surface area contributed by atoms with Gasteiger partial charge in [0, 0.05) is 19.8 Å². The summed E-state index contributed by atoms with van der Waals surface area (Å²) >= 11 is 0. The zero-order valence-electron chi connectivity index (χ0n) is 13.0. The molecule has 0 atom stereocenters. The highest BCUT2D eigenvalue weighted by Gasteiger charge is 2.06. The van der Waals surface area contributed by atoms with Crippen LogP contribution in [0.1, 0.15) is 24.8 Å². The average Bonchev–Trinajstić information content (AvgIpc) is 2.49. The molecule has 0 fully saturated rings. The lowest BCUT2D eigenvalue weighted by atomic mass is 10.1. The molecule has 7 heteroatoms. The zero-order chi connectivity index (χ0) is 16.4. The molecule has 1 aromatic rings. The highest BCUT2D eigenvalue weighted by Crippen LogP contribution is 2.13. The third kappa shape index (κ3) is 6.59. The SMILES string of the molecule is CN=C(NC#N)NCCCCCc1cccc(S(C)(=O)=O)c1. The van der Waals surface area contributed by atoms with E-state index >= 15 is 0 Å². The summed E-state index contributed by atoms with van der Waals surface area (Å²) in [4.78, 5) is 4.26. The predicted molar refractivity (Wildman–Crippen MR) is 87.2 cm³/mol. The highest BCUT2D eigenvalue weighted by molar-refractivity contribution is 7.90. The summed E-state index contributed by atoms with van der Waals surface area (Å²) in [5, 5.41) is 14.0. The van der Waals surface area contributed by atoms with Crippen LogP contribution in [0.2, 0.25) is 0 Å². The molecule has 6 nitrogen and oxygen atoms in total. The van der Waals surface area contributed by atoms with E-state index in [1.165, 1.54) is 6.26 Å². The molecule has 1 aromatic carbocycles. The topological polar surface area (TPSA) is 94.3 Å². The average molecular weight is 322 g/mol.